The number of carbonyl (C=O) groups excluding carboxylic acids is 2. The molecule has 1 aliphatic carbocycles. The van der Waals surface area contributed by atoms with Crippen LogP contribution in [0.4, 0.5) is 0 Å². The van der Waals surface area contributed by atoms with Gasteiger partial charge < -0.3 is 10.6 Å². The van der Waals surface area contributed by atoms with Gasteiger partial charge in [-0.3, -0.25) is 14.5 Å². The van der Waals surface area contributed by atoms with Crippen molar-refractivity contribution in [1.29, 1.82) is 0 Å². The van der Waals surface area contributed by atoms with Crippen molar-refractivity contribution in [2.75, 3.05) is 19.6 Å². The zero-order chi connectivity index (χ0) is 18.4. The molecule has 5 nitrogen and oxygen atoms in total. The van der Waals surface area contributed by atoms with Gasteiger partial charge in [-0.2, -0.15) is 0 Å². The van der Waals surface area contributed by atoms with Gasteiger partial charge in [-0.1, -0.05) is 49.6 Å². The lowest BCUT2D eigenvalue weighted by atomic mass is 9.80. The minimum absolute atomic E-state index is 0.0208. The third-order valence-corrected chi connectivity index (χ3v) is 5.78. The first kappa shape index (κ1) is 18.9. The molecule has 1 atom stereocenters. The average Bonchev–Trinajstić information content (AvgIpc) is 3.17. The van der Waals surface area contributed by atoms with Gasteiger partial charge in [0, 0.05) is 13.5 Å². The van der Waals surface area contributed by atoms with E-state index in [1.807, 2.05) is 6.07 Å². The molecule has 3 rings (SSSR count). The number of nitrogens with zero attached hydrogens (tertiary/aromatic N) is 1. The monoisotopic (exact) mass is 357 g/mol. The van der Waals surface area contributed by atoms with Gasteiger partial charge in [0.1, 0.15) is 5.54 Å². The van der Waals surface area contributed by atoms with Crippen LogP contribution in [-0.4, -0.2) is 41.9 Å². The number of carbonyl (C=O) groups is 2. The molecule has 1 aliphatic heterocycles. The fourth-order valence-electron chi connectivity index (χ4n) is 4.45. The molecule has 1 aromatic rings. The van der Waals surface area contributed by atoms with E-state index < -0.39 is 5.54 Å². The number of benzene rings is 1. The summed E-state index contributed by atoms with van der Waals surface area (Å²) in [5.41, 5.74) is 0.517. The van der Waals surface area contributed by atoms with Crippen molar-refractivity contribution >= 4 is 11.8 Å². The lowest BCUT2D eigenvalue weighted by Gasteiger charge is -2.37. The van der Waals surface area contributed by atoms with Crippen LogP contribution in [0.5, 0.6) is 0 Å². The summed E-state index contributed by atoms with van der Waals surface area (Å²) in [4.78, 5) is 27.2. The zero-order valence-electron chi connectivity index (χ0n) is 15.8. The summed E-state index contributed by atoms with van der Waals surface area (Å²) >= 11 is 0. The topological polar surface area (TPSA) is 61.4 Å². The molecular weight excluding hydrogens is 326 g/mol. The summed E-state index contributed by atoms with van der Waals surface area (Å²) in [7, 11) is 0. The van der Waals surface area contributed by atoms with Gasteiger partial charge in [0.2, 0.25) is 11.8 Å². The number of hydrogen-bond donors (Lipinski definition) is 2. The van der Waals surface area contributed by atoms with E-state index in [1.54, 1.807) is 0 Å². The highest BCUT2D eigenvalue weighted by molar-refractivity contribution is 5.91. The predicted octanol–water partition coefficient (Wildman–Crippen LogP) is 2.78. The Labute approximate surface area is 156 Å². The molecule has 0 radical (unpaired) electrons. The molecule has 1 heterocycles. The fourth-order valence-corrected chi connectivity index (χ4v) is 4.45. The Morgan fingerprint density at radius 1 is 1.04 bits per heavy atom. The van der Waals surface area contributed by atoms with E-state index in [-0.39, 0.29) is 17.9 Å². The Morgan fingerprint density at radius 3 is 2.31 bits per heavy atom. The lowest BCUT2D eigenvalue weighted by molar-refractivity contribution is -0.134. The molecule has 0 aromatic heterocycles. The summed E-state index contributed by atoms with van der Waals surface area (Å²) in [6.45, 7) is 4.24. The third kappa shape index (κ3) is 4.44. The Balaban J connectivity index is 1.70. The lowest BCUT2D eigenvalue weighted by Crippen LogP contribution is -2.60. The molecule has 26 heavy (non-hydrogen) atoms. The smallest absolute Gasteiger partial charge is 0.245 e. The molecular formula is C21H31N3O2. The van der Waals surface area contributed by atoms with Gasteiger partial charge >= 0.3 is 0 Å². The predicted molar refractivity (Wildman–Crippen MR) is 103 cm³/mol. The van der Waals surface area contributed by atoms with Crippen molar-refractivity contribution in [2.45, 2.75) is 63.5 Å². The molecule has 1 saturated heterocycles. The summed E-state index contributed by atoms with van der Waals surface area (Å²) in [5, 5.41) is 6.14. The van der Waals surface area contributed by atoms with Crippen molar-refractivity contribution in [3.05, 3.63) is 35.9 Å². The quantitative estimate of drug-likeness (QED) is 0.823. The normalized spacial score (nSPS) is 21.1. The number of hydrogen-bond acceptors (Lipinski definition) is 3. The molecule has 1 unspecified atom stereocenters. The minimum Gasteiger partial charge on any atom is -0.352 e. The second-order valence-electron chi connectivity index (χ2n) is 7.70. The number of nitrogens with one attached hydrogen (secondary N) is 2. The number of likely N-dealkylation sites (tertiary alicyclic amines) is 1. The van der Waals surface area contributed by atoms with Crippen molar-refractivity contribution in [1.82, 2.24) is 15.5 Å². The summed E-state index contributed by atoms with van der Waals surface area (Å²) < 4.78 is 0. The third-order valence-electron chi connectivity index (χ3n) is 5.78. The van der Waals surface area contributed by atoms with Crippen LogP contribution in [-0.2, 0) is 9.59 Å². The van der Waals surface area contributed by atoms with Crippen molar-refractivity contribution in [3.8, 4) is 0 Å². The average molecular weight is 357 g/mol. The molecule has 1 aromatic carbocycles. The maximum atomic E-state index is 13.1. The fraction of sp³-hybridized carbons (Fsp3) is 0.619. The van der Waals surface area contributed by atoms with Crippen LogP contribution in [0.3, 0.4) is 0 Å². The highest BCUT2D eigenvalue weighted by atomic mass is 16.2. The Morgan fingerprint density at radius 2 is 1.69 bits per heavy atom. The SMILES string of the molecule is CC(=O)NC1(C(=O)NCC(c2ccccc2)N2CCCC2)CCCCC1. The maximum Gasteiger partial charge on any atom is 0.245 e. The molecule has 0 spiro atoms. The molecule has 5 heteroatoms. The van der Waals surface area contributed by atoms with Crippen LogP contribution in [0, 0.1) is 0 Å². The van der Waals surface area contributed by atoms with Gasteiger partial charge in [0.25, 0.3) is 0 Å². The largest absolute Gasteiger partial charge is 0.352 e. The second-order valence-corrected chi connectivity index (χ2v) is 7.70. The van der Waals surface area contributed by atoms with Crippen LogP contribution in [0.2, 0.25) is 0 Å². The number of amides is 2. The first-order valence-corrected chi connectivity index (χ1v) is 9.97. The van der Waals surface area contributed by atoms with Gasteiger partial charge in [0.15, 0.2) is 0 Å². The second kappa shape index (κ2) is 8.67. The molecule has 2 fully saturated rings. The van der Waals surface area contributed by atoms with E-state index >= 15 is 0 Å². The highest BCUT2D eigenvalue weighted by Gasteiger charge is 2.40. The van der Waals surface area contributed by atoms with Crippen LogP contribution >= 0.6 is 0 Å². The van der Waals surface area contributed by atoms with E-state index in [2.05, 4.69) is 39.8 Å². The Hall–Kier alpha value is -1.88. The molecule has 2 aliphatic rings. The van der Waals surface area contributed by atoms with Crippen LogP contribution in [0.25, 0.3) is 0 Å². The van der Waals surface area contributed by atoms with Gasteiger partial charge in [-0.15, -0.1) is 0 Å². The zero-order valence-corrected chi connectivity index (χ0v) is 15.8. The summed E-state index contributed by atoms with van der Waals surface area (Å²) in [6, 6.07) is 10.6. The van der Waals surface area contributed by atoms with Crippen molar-refractivity contribution < 1.29 is 9.59 Å². The summed E-state index contributed by atoms with van der Waals surface area (Å²) in [6.07, 6.45) is 7.01. The highest BCUT2D eigenvalue weighted by Crippen LogP contribution is 2.29. The van der Waals surface area contributed by atoms with Gasteiger partial charge in [0.05, 0.1) is 6.04 Å². The molecule has 2 amide bonds. The Bertz CT molecular complexity index is 605. The van der Waals surface area contributed by atoms with Gasteiger partial charge in [-0.05, 0) is 44.3 Å². The minimum atomic E-state index is -0.726. The maximum absolute atomic E-state index is 13.1. The molecule has 2 N–H and O–H groups in total. The molecule has 1 saturated carbocycles. The summed E-state index contributed by atoms with van der Waals surface area (Å²) in [5.74, 6) is -0.145. The van der Waals surface area contributed by atoms with E-state index in [4.69, 9.17) is 0 Å². The van der Waals surface area contributed by atoms with E-state index in [0.717, 1.165) is 45.2 Å². The van der Waals surface area contributed by atoms with Crippen LogP contribution in [0.15, 0.2) is 30.3 Å². The Kier molecular flexibility index (Phi) is 6.30. The standard InChI is InChI=1S/C21H31N3O2/c1-17(25)23-21(12-6-3-7-13-21)20(26)22-16-19(24-14-8-9-15-24)18-10-4-2-5-11-18/h2,4-5,10-11,19H,3,6-9,12-16H2,1H3,(H,22,26)(H,23,25). The first-order valence-electron chi connectivity index (χ1n) is 9.97. The van der Waals surface area contributed by atoms with E-state index in [0.29, 0.717) is 6.54 Å². The van der Waals surface area contributed by atoms with E-state index in [1.165, 1.54) is 25.3 Å². The van der Waals surface area contributed by atoms with E-state index in [9.17, 15) is 9.59 Å². The van der Waals surface area contributed by atoms with Crippen molar-refractivity contribution in [2.24, 2.45) is 0 Å². The number of rotatable bonds is 6. The van der Waals surface area contributed by atoms with Gasteiger partial charge in [-0.25, -0.2) is 0 Å². The molecule has 142 valence electrons. The first-order chi connectivity index (χ1) is 12.6. The molecule has 0 bridgehead atoms. The van der Waals surface area contributed by atoms with Crippen molar-refractivity contribution in [3.63, 3.8) is 0 Å². The van der Waals surface area contributed by atoms with Crippen LogP contribution in [0.1, 0.15) is 63.5 Å². The van der Waals surface area contributed by atoms with Crippen LogP contribution < -0.4 is 10.6 Å².